The Hall–Kier alpha value is -1.42. The van der Waals surface area contributed by atoms with E-state index in [1.807, 2.05) is 0 Å². The third-order valence-corrected chi connectivity index (χ3v) is 4.51. The SMILES string of the molecule is CC(C#N)S(=O)(=O)NC(C)(CO)c1ccccc1. The predicted molar refractivity (Wildman–Crippen MR) is 68.0 cm³/mol. The second-order valence-electron chi connectivity index (χ2n) is 4.27. The number of hydrogen-bond donors (Lipinski definition) is 2. The molecule has 0 saturated heterocycles. The summed E-state index contributed by atoms with van der Waals surface area (Å²) in [5.41, 5.74) is -0.494. The van der Waals surface area contributed by atoms with Gasteiger partial charge in [0.05, 0.1) is 18.2 Å². The highest BCUT2D eigenvalue weighted by molar-refractivity contribution is 7.90. The fourth-order valence-electron chi connectivity index (χ4n) is 1.46. The van der Waals surface area contributed by atoms with Gasteiger partial charge in [-0.2, -0.15) is 5.26 Å². The van der Waals surface area contributed by atoms with Gasteiger partial charge in [0.15, 0.2) is 5.25 Å². The van der Waals surface area contributed by atoms with Crippen LogP contribution in [0.2, 0.25) is 0 Å². The minimum absolute atomic E-state index is 0.394. The fraction of sp³-hybridized carbons (Fsp3) is 0.417. The van der Waals surface area contributed by atoms with Gasteiger partial charge in [-0.1, -0.05) is 30.3 Å². The van der Waals surface area contributed by atoms with Crippen molar-refractivity contribution in [3.63, 3.8) is 0 Å². The van der Waals surface area contributed by atoms with Gasteiger partial charge < -0.3 is 5.11 Å². The van der Waals surface area contributed by atoms with Gasteiger partial charge in [0, 0.05) is 0 Å². The number of hydrogen-bond acceptors (Lipinski definition) is 4. The molecule has 6 heteroatoms. The monoisotopic (exact) mass is 268 g/mol. The fourth-order valence-corrected chi connectivity index (χ4v) is 2.59. The van der Waals surface area contributed by atoms with Gasteiger partial charge in [0.1, 0.15) is 0 Å². The second-order valence-corrected chi connectivity index (χ2v) is 6.28. The second kappa shape index (κ2) is 5.48. The van der Waals surface area contributed by atoms with E-state index in [9.17, 15) is 13.5 Å². The molecule has 0 radical (unpaired) electrons. The lowest BCUT2D eigenvalue weighted by Gasteiger charge is -2.29. The van der Waals surface area contributed by atoms with E-state index in [1.165, 1.54) is 6.92 Å². The summed E-state index contributed by atoms with van der Waals surface area (Å²) >= 11 is 0. The first kappa shape index (κ1) is 14.6. The summed E-state index contributed by atoms with van der Waals surface area (Å²) in [6, 6.07) is 10.4. The number of benzene rings is 1. The van der Waals surface area contributed by atoms with Gasteiger partial charge in [-0.3, -0.25) is 0 Å². The summed E-state index contributed by atoms with van der Waals surface area (Å²) < 4.78 is 26.1. The molecule has 0 heterocycles. The number of rotatable bonds is 5. The molecule has 0 aliphatic carbocycles. The predicted octanol–water partition coefficient (Wildman–Crippen LogP) is 0.726. The lowest BCUT2D eigenvalue weighted by Crippen LogP contribution is -2.48. The van der Waals surface area contributed by atoms with E-state index in [2.05, 4.69) is 4.72 Å². The first-order chi connectivity index (χ1) is 8.35. The van der Waals surface area contributed by atoms with E-state index in [4.69, 9.17) is 5.26 Å². The van der Waals surface area contributed by atoms with Crippen LogP contribution in [0.15, 0.2) is 30.3 Å². The molecule has 2 atom stereocenters. The van der Waals surface area contributed by atoms with E-state index in [1.54, 1.807) is 43.3 Å². The van der Waals surface area contributed by atoms with E-state index in [0.29, 0.717) is 5.56 Å². The highest BCUT2D eigenvalue weighted by Crippen LogP contribution is 2.21. The summed E-state index contributed by atoms with van der Waals surface area (Å²) in [7, 11) is -3.80. The average molecular weight is 268 g/mol. The standard InChI is InChI=1S/C12H16N2O3S/c1-10(8-13)18(16,17)14-12(2,9-15)11-6-4-3-5-7-11/h3-7,10,14-15H,9H2,1-2H3. The quantitative estimate of drug-likeness (QED) is 0.823. The van der Waals surface area contributed by atoms with Crippen molar-refractivity contribution in [3.8, 4) is 6.07 Å². The molecular weight excluding hydrogens is 252 g/mol. The Morgan fingerprint density at radius 1 is 1.44 bits per heavy atom. The van der Waals surface area contributed by atoms with Crippen LogP contribution in [-0.2, 0) is 15.6 Å². The summed E-state index contributed by atoms with van der Waals surface area (Å²) in [6.45, 7) is 2.48. The zero-order chi connectivity index (χ0) is 13.8. The zero-order valence-electron chi connectivity index (χ0n) is 10.3. The minimum atomic E-state index is -3.80. The zero-order valence-corrected chi connectivity index (χ0v) is 11.1. The van der Waals surface area contributed by atoms with Crippen LogP contribution in [-0.4, -0.2) is 25.4 Å². The summed E-state index contributed by atoms with van der Waals surface area (Å²) in [5.74, 6) is 0. The lowest BCUT2D eigenvalue weighted by molar-refractivity contribution is 0.196. The molecule has 5 nitrogen and oxygen atoms in total. The molecule has 18 heavy (non-hydrogen) atoms. The normalized spacial score (nSPS) is 16.6. The molecule has 1 aromatic rings. The van der Waals surface area contributed by atoms with Crippen LogP contribution in [0.25, 0.3) is 0 Å². The van der Waals surface area contributed by atoms with Gasteiger partial charge in [-0.25, -0.2) is 13.1 Å². The Kier molecular flexibility index (Phi) is 4.46. The van der Waals surface area contributed by atoms with Crippen molar-refractivity contribution in [2.75, 3.05) is 6.61 Å². The Morgan fingerprint density at radius 3 is 2.44 bits per heavy atom. The van der Waals surface area contributed by atoms with Crippen LogP contribution in [0.5, 0.6) is 0 Å². The first-order valence-electron chi connectivity index (χ1n) is 5.44. The van der Waals surface area contributed by atoms with Crippen LogP contribution < -0.4 is 4.72 Å². The molecular formula is C12H16N2O3S. The van der Waals surface area contributed by atoms with Crippen molar-refractivity contribution in [1.29, 1.82) is 5.26 Å². The summed E-state index contributed by atoms with van der Waals surface area (Å²) in [5, 5.41) is 17.0. The van der Waals surface area contributed by atoms with Crippen LogP contribution in [0.1, 0.15) is 19.4 Å². The van der Waals surface area contributed by atoms with Gasteiger partial charge in [-0.05, 0) is 19.4 Å². The van der Waals surface area contributed by atoms with Gasteiger partial charge in [0.2, 0.25) is 10.0 Å². The third-order valence-electron chi connectivity index (χ3n) is 2.74. The molecule has 0 amide bonds. The number of aliphatic hydroxyl groups excluding tert-OH is 1. The van der Waals surface area contributed by atoms with Crippen molar-refractivity contribution >= 4 is 10.0 Å². The van der Waals surface area contributed by atoms with Crippen LogP contribution in [0.3, 0.4) is 0 Å². The third kappa shape index (κ3) is 3.07. The van der Waals surface area contributed by atoms with E-state index in [0.717, 1.165) is 0 Å². The summed E-state index contributed by atoms with van der Waals surface area (Å²) in [4.78, 5) is 0. The number of nitriles is 1. The Balaban J connectivity index is 3.10. The molecule has 0 fully saturated rings. The molecule has 2 N–H and O–H groups in total. The summed E-state index contributed by atoms with van der Waals surface area (Å²) in [6.07, 6.45) is 0. The molecule has 98 valence electrons. The number of nitrogens with zero attached hydrogens (tertiary/aromatic N) is 1. The van der Waals surface area contributed by atoms with Crippen molar-refractivity contribution in [3.05, 3.63) is 35.9 Å². The van der Waals surface area contributed by atoms with Gasteiger partial charge in [-0.15, -0.1) is 0 Å². The molecule has 1 rings (SSSR count). The maximum Gasteiger partial charge on any atom is 0.228 e. The molecule has 0 saturated carbocycles. The highest BCUT2D eigenvalue weighted by atomic mass is 32.2. The molecule has 0 spiro atoms. The van der Waals surface area contributed by atoms with Crippen molar-refractivity contribution in [1.82, 2.24) is 4.72 Å². The Bertz CT molecular complexity index is 536. The van der Waals surface area contributed by atoms with E-state index < -0.39 is 27.4 Å². The number of sulfonamides is 1. The van der Waals surface area contributed by atoms with Crippen molar-refractivity contribution in [2.45, 2.75) is 24.6 Å². The van der Waals surface area contributed by atoms with Crippen molar-refractivity contribution in [2.24, 2.45) is 0 Å². The van der Waals surface area contributed by atoms with Crippen LogP contribution >= 0.6 is 0 Å². The maximum atomic E-state index is 11.9. The maximum absolute atomic E-state index is 11.9. The molecule has 2 unspecified atom stereocenters. The topological polar surface area (TPSA) is 90.2 Å². The smallest absolute Gasteiger partial charge is 0.228 e. The van der Waals surface area contributed by atoms with Crippen molar-refractivity contribution < 1.29 is 13.5 Å². The number of nitrogens with one attached hydrogen (secondary N) is 1. The van der Waals surface area contributed by atoms with Crippen LogP contribution in [0, 0.1) is 11.3 Å². The largest absolute Gasteiger partial charge is 0.394 e. The molecule has 0 aromatic heterocycles. The Labute approximate surface area is 107 Å². The molecule has 0 aliphatic heterocycles. The molecule has 1 aromatic carbocycles. The molecule has 0 aliphatic rings. The average Bonchev–Trinajstić information content (AvgIpc) is 2.38. The van der Waals surface area contributed by atoms with Gasteiger partial charge >= 0.3 is 0 Å². The Morgan fingerprint density at radius 2 is 2.00 bits per heavy atom. The van der Waals surface area contributed by atoms with Gasteiger partial charge in [0.25, 0.3) is 0 Å². The first-order valence-corrected chi connectivity index (χ1v) is 6.99. The lowest BCUT2D eigenvalue weighted by atomic mass is 9.94. The minimum Gasteiger partial charge on any atom is -0.394 e. The van der Waals surface area contributed by atoms with E-state index >= 15 is 0 Å². The number of aliphatic hydroxyl groups is 1. The van der Waals surface area contributed by atoms with Crippen LogP contribution in [0.4, 0.5) is 0 Å². The van der Waals surface area contributed by atoms with E-state index in [-0.39, 0.29) is 0 Å². The molecule has 0 bridgehead atoms. The highest BCUT2D eigenvalue weighted by Gasteiger charge is 2.33.